The molecular formula is C17H20F3N5O4. The second kappa shape index (κ2) is 6.85. The minimum Gasteiger partial charge on any atom is -0.444 e. The predicted octanol–water partition coefficient (Wildman–Crippen LogP) is 2.32. The fraction of sp³-hybridized carbons (Fsp3) is 0.588. The summed E-state index contributed by atoms with van der Waals surface area (Å²) in [5.74, 6) is -1.23. The number of carbonyl (C=O) groups excluding carboxylic acids is 3. The van der Waals surface area contributed by atoms with Gasteiger partial charge in [0.15, 0.2) is 11.5 Å². The fourth-order valence-electron chi connectivity index (χ4n) is 3.16. The number of nitrogens with zero attached hydrogens (tertiary/aromatic N) is 4. The van der Waals surface area contributed by atoms with Gasteiger partial charge in [-0.25, -0.2) is 19.5 Å². The molecule has 0 bridgehead atoms. The molecule has 0 saturated carbocycles. The molecule has 0 radical (unpaired) electrons. The van der Waals surface area contributed by atoms with Crippen molar-refractivity contribution in [3.05, 3.63) is 18.1 Å². The van der Waals surface area contributed by atoms with E-state index in [1.807, 2.05) is 0 Å². The van der Waals surface area contributed by atoms with Gasteiger partial charge in [-0.1, -0.05) is 0 Å². The van der Waals surface area contributed by atoms with E-state index in [0.29, 0.717) is 11.1 Å². The zero-order valence-electron chi connectivity index (χ0n) is 16.0. The Morgan fingerprint density at radius 2 is 1.79 bits per heavy atom. The Morgan fingerprint density at radius 1 is 1.17 bits per heavy atom. The van der Waals surface area contributed by atoms with Crippen LogP contribution in [0.2, 0.25) is 0 Å². The maximum atomic E-state index is 12.9. The molecule has 158 valence electrons. The summed E-state index contributed by atoms with van der Waals surface area (Å²) in [6, 6.07) is -0.880. The van der Waals surface area contributed by atoms with Crippen molar-refractivity contribution in [1.29, 1.82) is 0 Å². The van der Waals surface area contributed by atoms with Crippen LogP contribution in [-0.4, -0.2) is 57.1 Å². The first-order chi connectivity index (χ1) is 13.3. The number of hydrogen-bond donors (Lipinski definition) is 1. The summed E-state index contributed by atoms with van der Waals surface area (Å²) in [6.45, 7) is 5.47. The molecule has 1 aromatic rings. The average molecular weight is 415 g/mol. The second-order valence-electron chi connectivity index (χ2n) is 7.88. The summed E-state index contributed by atoms with van der Waals surface area (Å²) in [4.78, 5) is 46.2. The van der Waals surface area contributed by atoms with Gasteiger partial charge in [-0.15, -0.1) is 0 Å². The van der Waals surface area contributed by atoms with E-state index in [1.54, 1.807) is 20.8 Å². The van der Waals surface area contributed by atoms with Crippen molar-refractivity contribution in [3.63, 3.8) is 0 Å². The number of likely N-dealkylation sites (tertiary alicyclic amines) is 1. The Hall–Kier alpha value is -2.92. The minimum absolute atomic E-state index is 0.0969. The van der Waals surface area contributed by atoms with Gasteiger partial charge >= 0.3 is 18.3 Å². The fourth-order valence-corrected chi connectivity index (χ4v) is 3.16. The minimum atomic E-state index is -4.77. The van der Waals surface area contributed by atoms with Crippen LogP contribution in [0, 0.1) is 0 Å². The first kappa shape index (κ1) is 20.8. The van der Waals surface area contributed by atoms with Gasteiger partial charge in [-0.3, -0.25) is 9.78 Å². The van der Waals surface area contributed by atoms with Gasteiger partial charge in [0.2, 0.25) is 0 Å². The van der Waals surface area contributed by atoms with E-state index in [4.69, 9.17) is 4.74 Å². The smallest absolute Gasteiger partial charge is 0.434 e. The topological polar surface area (TPSA) is 105 Å². The SMILES string of the molecule is CC(C)(C)OC(=O)N1CCC2(CC1)NC(=O)N(c1cncc(C(F)(F)F)n1)C2=O. The highest BCUT2D eigenvalue weighted by atomic mass is 19.4. The summed E-state index contributed by atoms with van der Waals surface area (Å²) in [5, 5.41) is 2.54. The van der Waals surface area contributed by atoms with Gasteiger partial charge in [-0.05, 0) is 33.6 Å². The zero-order chi connectivity index (χ0) is 21.6. The summed E-state index contributed by atoms with van der Waals surface area (Å²) < 4.78 is 43.9. The summed E-state index contributed by atoms with van der Waals surface area (Å²) in [5.41, 5.74) is -3.30. The number of anilines is 1. The van der Waals surface area contributed by atoms with Crippen LogP contribution in [0.4, 0.5) is 28.6 Å². The highest BCUT2D eigenvalue weighted by molar-refractivity contribution is 6.22. The lowest BCUT2D eigenvalue weighted by Crippen LogP contribution is -2.56. The number of carbonyl (C=O) groups is 3. The van der Waals surface area contributed by atoms with Crippen LogP contribution in [0.1, 0.15) is 39.3 Å². The van der Waals surface area contributed by atoms with Crippen LogP contribution < -0.4 is 10.2 Å². The van der Waals surface area contributed by atoms with Crippen LogP contribution in [0.5, 0.6) is 0 Å². The number of alkyl halides is 3. The van der Waals surface area contributed by atoms with Crippen molar-refractivity contribution < 1.29 is 32.3 Å². The lowest BCUT2D eigenvalue weighted by molar-refractivity contribution is -0.141. The van der Waals surface area contributed by atoms with Crippen molar-refractivity contribution in [3.8, 4) is 0 Å². The molecule has 12 heteroatoms. The van der Waals surface area contributed by atoms with E-state index in [0.717, 1.165) is 6.20 Å². The summed E-state index contributed by atoms with van der Waals surface area (Å²) in [6.07, 6.45) is -3.68. The first-order valence-electron chi connectivity index (χ1n) is 8.86. The van der Waals surface area contributed by atoms with Crippen molar-refractivity contribution in [1.82, 2.24) is 20.2 Å². The standard InChI is InChI=1S/C17H20F3N5O4/c1-15(2,3)29-14(28)24-6-4-16(5-7-24)12(26)25(13(27)23-16)11-9-21-8-10(22-11)17(18,19)20/h8-9H,4-7H2,1-3H3,(H,23,27). The van der Waals surface area contributed by atoms with Crippen LogP contribution in [0.25, 0.3) is 0 Å². The lowest BCUT2D eigenvalue weighted by atomic mass is 9.87. The monoisotopic (exact) mass is 415 g/mol. The molecule has 2 aliphatic rings. The molecule has 29 heavy (non-hydrogen) atoms. The number of nitrogens with one attached hydrogen (secondary N) is 1. The number of piperidine rings is 1. The summed E-state index contributed by atoms with van der Waals surface area (Å²) in [7, 11) is 0. The quantitative estimate of drug-likeness (QED) is 0.706. The molecule has 1 aromatic heterocycles. The highest BCUT2D eigenvalue weighted by Gasteiger charge is 2.54. The van der Waals surface area contributed by atoms with E-state index < -0.39 is 46.9 Å². The molecule has 1 spiro atoms. The Labute approximate surface area is 164 Å². The molecular weight excluding hydrogens is 395 g/mol. The number of urea groups is 1. The van der Waals surface area contributed by atoms with Crippen molar-refractivity contribution in [2.75, 3.05) is 18.0 Å². The molecule has 2 fully saturated rings. The highest BCUT2D eigenvalue weighted by Crippen LogP contribution is 2.33. The van der Waals surface area contributed by atoms with Crippen LogP contribution in [0.15, 0.2) is 12.4 Å². The normalized spacial score (nSPS) is 19.5. The Morgan fingerprint density at radius 3 is 2.34 bits per heavy atom. The molecule has 9 nitrogen and oxygen atoms in total. The molecule has 0 atom stereocenters. The third kappa shape index (κ3) is 4.10. The second-order valence-corrected chi connectivity index (χ2v) is 7.88. The van der Waals surface area contributed by atoms with Crippen LogP contribution in [-0.2, 0) is 15.7 Å². The number of rotatable bonds is 1. The molecule has 0 aliphatic carbocycles. The van der Waals surface area contributed by atoms with Gasteiger partial charge in [0.1, 0.15) is 11.1 Å². The van der Waals surface area contributed by atoms with E-state index in [9.17, 15) is 27.6 Å². The largest absolute Gasteiger partial charge is 0.444 e. The number of amides is 4. The third-order valence-corrected chi connectivity index (χ3v) is 4.57. The molecule has 4 amide bonds. The Bertz CT molecular complexity index is 844. The van der Waals surface area contributed by atoms with Crippen molar-refractivity contribution in [2.45, 2.75) is 50.9 Å². The van der Waals surface area contributed by atoms with E-state index in [1.165, 1.54) is 4.90 Å². The number of hydrogen-bond acceptors (Lipinski definition) is 6. The van der Waals surface area contributed by atoms with Crippen LogP contribution >= 0.6 is 0 Å². The molecule has 1 N–H and O–H groups in total. The third-order valence-electron chi connectivity index (χ3n) is 4.57. The number of halogens is 3. The van der Waals surface area contributed by atoms with E-state index in [2.05, 4.69) is 15.3 Å². The summed E-state index contributed by atoms with van der Waals surface area (Å²) >= 11 is 0. The Kier molecular flexibility index (Phi) is 4.91. The van der Waals surface area contributed by atoms with Crippen molar-refractivity contribution in [2.24, 2.45) is 0 Å². The molecule has 2 aliphatic heterocycles. The maximum Gasteiger partial charge on any atom is 0.434 e. The van der Waals surface area contributed by atoms with E-state index >= 15 is 0 Å². The lowest BCUT2D eigenvalue weighted by Gasteiger charge is -2.37. The van der Waals surface area contributed by atoms with Gasteiger partial charge < -0.3 is 15.0 Å². The van der Waals surface area contributed by atoms with Gasteiger partial charge in [0, 0.05) is 13.1 Å². The maximum absolute atomic E-state index is 12.9. The molecule has 0 aromatic carbocycles. The van der Waals surface area contributed by atoms with Gasteiger partial charge in [-0.2, -0.15) is 13.2 Å². The molecule has 3 rings (SSSR count). The van der Waals surface area contributed by atoms with Crippen molar-refractivity contribution >= 4 is 23.8 Å². The molecule has 2 saturated heterocycles. The Balaban J connectivity index is 1.76. The van der Waals surface area contributed by atoms with E-state index in [-0.39, 0.29) is 25.9 Å². The molecule has 3 heterocycles. The zero-order valence-corrected chi connectivity index (χ0v) is 16.0. The number of aromatic nitrogens is 2. The van der Waals surface area contributed by atoms with Gasteiger partial charge in [0.25, 0.3) is 5.91 Å². The number of imide groups is 1. The predicted molar refractivity (Wildman–Crippen MR) is 92.8 cm³/mol. The first-order valence-corrected chi connectivity index (χ1v) is 8.86. The van der Waals surface area contributed by atoms with Gasteiger partial charge in [0.05, 0.1) is 12.4 Å². The number of ether oxygens (including phenoxy) is 1. The molecule has 0 unspecified atom stereocenters. The average Bonchev–Trinajstić information content (AvgIpc) is 2.83. The van der Waals surface area contributed by atoms with Crippen LogP contribution in [0.3, 0.4) is 0 Å².